The summed E-state index contributed by atoms with van der Waals surface area (Å²) < 4.78 is 0. The van der Waals surface area contributed by atoms with Gasteiger partial charge in [0.2, 0.25) is 0 Å². The number of ketones is 1. The lowest BCUT2D eigenvalue weighted by atomic mass is 9.83. The Hall–Kier alpha value is -2.30. The number of pyridine rings is 1. The maximum Gasteiger partial charge on any atom is 0.278 e. The molecule has 2 aromatic rings. The summed E-state index contributed by atoms with van der Waals surface area (Å²) in [7, 11) is 0. The zero-order chi connectivity index (χ0) is 14.8. The van der Waals surface area contributed by atoms with E-state index in [1.54, 1.807) is 24.4 Å². The van der Waals surface area contributed by atoms with Crippen molar-refractivity contribution in [2.24, 2.45) is 5.92 Å². The third-order valence-electron chi connectivity index (χ3n) is 4.18. The van der Waals surface area contributed by atoms with E-state index in [4.69, 9.17) is 0 Å². The van der Waals surface area contributed by atoms with Gasteiger partial charge in [-0.05, 0) is 31.0 Å². The molecule has 1 aromatic carbocycles. The fourth-order valence-corrected chi connectivity index (χ4v) is 3.10. The van der Waals surface area contributed by atoms with Gasteiger partial charge in [0.1, 0.15) is 0 Å². The predicted molar refractivity (Wildman–Crippen MR) is 79.3 cm³/mol. The first-order valence-corrected chi connectivity index (χ1v) is 7.25. The number of carbonyl (C=O) groups is 1. The van der Waals surface area contributed by atoms with Crippen molar-refractivity contribution in [1.82, 2.24) is 4.98 Å². The van der Waals surface area contributed by atoms with Crippen molar-refractivity contribution in [3.63, 3.8) is 0 Å². The van der Waals surface area contributed by atoms with Gasteiger partial charge in [0.25, 0.3) is 5.69 Å². The number of hydrogen-bond donors (Lipinski definition) is 0. The smallest absolute Gasteiger partial charge is 0.278 e. The number of Topliss-reactive ketones (excluding diaryl/α,β-unsaturated/α-hetero) is 1. The molecule has 5 heteroatoms. The summed E-state index contributed by atoms with van der Waals surface area (Å²) in [6.07, 6.45) is 6.73. The largest absolute Gasteiger partial charge is 0.294 e. The van der Waals surface area contributed by atoms with Crippen LogP contribution < -0.4 is 0 Å². The molecule has 1 heterocycles. The number of non-ortho nitro benzene ring substituents is 1. The summed E-state index contributed by atoms with van der Waals surface area (Å²) in [5, 5.41) is 11.5. The first-order valence-electron chi connectivity index (χ1n) is 7.25. The van der Waals surface area contributed by atoms with Gasteiger partial charge in [-0.3, -0.25) is 19.9 Å². The molecule has 1 saturated carbocycles. The minimum Gasteiger partial charge on any atom is -0.294 e. The molecule has 3 rings (SSSR count). The third kappa shape index (κ3) is 2.51. The quantitative estimate of drug-likeness (QED) is 0.486. The Morgan fingerprint density at radius 1 is 1.19 bits per heavy atom. The SMILES string of the molecule is O=C(c1ccc([N+](=O)[O-])c2cccnc12)C1CCCCC1. The normalized spacial score (nSPS) is 16.0. The number of fused-ring (bicyclic) bond motifs is 1. The average molecular weight is 284 g/mol. The highest BCUT2D eigenvalue weighted by Gasteiger charge is 2.26. The summed E-state index contributed by atoms with van der Waals surface area (Å²) in [5.74, 6) is 0.110. The van der Waals surface area contributed by atoms with Crippen molar-refractivity contribution in [2.75, 3.05) is 0 Å². The molecule has 0 amide bonds. The fraction of sp³-hybridized carbons (Fsp3) is 0.375. The number of rotatable bonds is 3. The van der Waals surface area contributed by atoms with Gasteiger partial charge >= 0.3 is 0 Å². The van der Waals surface area contributed by atoms with Gasteiger partial charge in [-0.1, -0.05) is 19.3 Å². The van der Waals surface area contributed by atoms with Gasteiger partial charge in [0.15, 0.2) is 5.78 Å². The molecule has 1 fully saturated rings. The summed E-state index contributed by atoms with van der Waals surface area (Å²) in [5.41, 5.74) is 0.962. The minimum absolute atomic E-state index is 0.00158. The van der Waals surface area contributed by atoms with Crippen molar-refractivity contribution in [1.29, 1.82) is 0 Å². The van der Waals surface area contributed by atoms with Crippen LogP contribution in [0.5, 0.6) is 0 Å². The van der Waals surface area contributed by atoms with E-state index in [0.717, 1.165) is 25.7 Å². The highest BCUT2D eigenvalue weighted by Crippen LogP contribution is 2.32. The number of hydrogen-bond acceptors (Lipinski definition) is 4. The van der Waals surface area contributed by atoms with E-state index in [9.17, 15) is 14.9 Å². The molecule has 0 aliphatic heterocycles. The van der Waals surface area contributed by atoms with Crippen LogP contribution in [0.2, 0.25) is 0 Å². The molecule has 0 spiro atoms. The second-order valence-corrected chi connectivity index (χ2v) is 5.49. The topological polar surface area (TPSA) is 73.1 Å². The van der Waals surface area contributed by atoms with Crippen molar-refractivity contribution >= 4 is 22.4 Å². The second-order valence-electron chi connectivity index (χ2n) is 5.49. The van der Waals surface area contributed by atoms with E-state index >= 15 is 0 Å². The molecule has 5 nitrogen and oxygen atoms in total. The standard InChI is InChI=1S/C16H16N2O3/c19-16(11-5-2-1-3-6-11)13-8-9-14(18(20)21)12-7-4-10-17-15(12)13/h4,7-11H,1-3,5-6H2. The molecule has 0 saturated heterocycles. The molecule has 0 unspecified atom stereocenters. The van der Waals surface area contributed by atoms with Gasteiger partial charge < -0.3 is 0 Å². The van der Waals surface area contributed by atoms with E-state index in [1.807, 2.05) is 0 Å². The zero-order valence-corrected chi connectivity index (χ0v) is 11.6. The minimum atomic E-state index is -0.432. The summed E-state index contributed by atoms with van der Waals surface area (Å²) in [4.78, 5) is 27.6. The van der Waals surface area contributed by atoms with E-state index < -0.39 is 4.92 Å². The van der Waals surface area contributed by atoms with Gasteiger partial charge in [0, 0.05) is 23.7 Å². The van der Waals surface area contributed by atoms with Crippen molar-refractivity contribution in [2.45, 2.75) is 32.1 Å². The molecule has 1 aromatic heterocycles. The lowest BCUT2D eigenvalue weighted by Crippen LogP contribution is -2.18. The first kappa shape index (κ1) is 13.7. The van der Waals surface area contributed by atoms with Crippen LogP contribution in [0, 0.1) is 16.0 Å². The van der Waals surface area contributed by atoms with Gasteiger partial charge in [0.05, 0.1) is 15.8 Å². The Morgan fingerprint density at radius 3 is 2.67 bits per heavy atom. The van der Waals surface area contributed by atoms with Crippen LogP contribution in [0.4, 0.5) is 5.69 Å². The van der Waals surface area contributed by atoms with E-state index in [0.29, 0.717) is 16.5 Å². The molecule has 1 aliphatic carbocycles. The van der Waals surface area contributed by atoms with Crippen LogP contribution in [-0.2, 0) is 0 Å². The third-order valence-corrected chi connectivity index (χ3v) is 4.18. The highest BCUT2D eigenvalue weighted by atomic mass is 16.6. The highest BCUT2D eigenvalue weighted by molar-refractivity contribution is 6.09. The molecule has 0 N–H and O–H groups in total. The Labute approximate surface area is 122 Å². The van der Waals surface area contributed by atoms with Crippen molar-refractivity contribution < 1.29 is 9.72 Å². The van der Waals surface area contributed by atoms with E-state index in [2.05, 4.69) is 4.98 Å². The fourth-order valence-electron chi connectivity index (χ4n) is 3.10. The Bertz CT molecular complexity index is 706. The summed E-state index contributed by atoms with van der Waals surface area (Å²) in [6, 6.07) is 6.28. The molecule has 21 heavy (non-hydrogen) atoms. The van der Waals surface area contributed by atoms with Crippen LogP contribution in [0.25, 0.3) is 10.9 Å². The van der Waals surface area contributed by atoms with Crippen LogP contribution in [0.15, 0.2) is 30.5 Å². The van der Waals surface area contributed by atoms with Crippen LogP contribution >= 0.6 is 0 Å². The second kappa shape index (κ2) is 5.60. The monoisotopic (exact) mass is 284 g/mol. The molecule has 0 atom stereocenters. The van der Waals surface area contributed by atoms with Gasteiger partial charge in [-0.25, -0.2) is 0 Å². The van der Waals surface area contributed by atoms with Crippen LogP contribution in [-0.4, -0.2) is 15.7 Å². The molecular weight excluding hydrogens is 268 g/mol. The number of nitrogens with zero attached hydrogens (tertiary/aromatic N) is 2. The first-order chi connectivity index (χ1) is 10.2. The number of nitro groups is 1. The van der Waals surface area contributed by atoms with E-state index in [-0.39, 0.29) is 17.4 Å². The zero-order valence-electron chi connectivity index (χ0n) is 11.6. The Balaban J connectivity index is 2.09. The van der Waals surface area contributed by atoms with Gasteiger partial charge in [-0.2, -0.15) is 0 Å². The predicted octanol–water partition coefficient (Wildman–Crippen LogP) is 3.91. The average Bonchev–Trinajstić information content (AvgIpc) is 2.54. The van der Waals surface area contributed by atoms with E-state index in [1.165, 1.54) is 12.5 Å². The van der Waals surface area contributed by atoms with Crippen LogP contribution in [0.1, 0.15) is 42.5 Å². The Kier molecular flexibility index (Phi) is 3.64. The molecule has 0 radical (unpaired) electrons. The molecule has 1 aliphatic rings. The maximum absolute atomic E-state index is 12.7. The summed E-state index contributed by atoms with van der Waals surface area (Å²) in [6.45, 7) is 0. The molecule has 108 valence electrons. The number of carbonyl (C=O) groups excluding carboxylic acids is 1. The van der Waals surface area contributed by atoms with Crippen molar-refractivity contribution in [3.05, 3.63) is 46.1 Å². The molecular formula is C16H16N2O3. The molecule has 0 bridgehead atoms. The summed E-state index contributed by atoms with van der Waals surface area (Å²) >= 11 is 0. The lowest BCUT2D eigenvalue weighted by molar-refractivity contribution is -0.383. The lowest BCUT2D eigenvalue weighted by Gasteiger charge is -2.20. The Morgan fingerprint density at radius 2 is 1.95 bits per heavy atom. The maximum atomic E-state index is 12.7. The van der Waals surface area contributed by atoms with Gasteiger partial charge in [-0.15, -0.1) is 0 Å². The number of aromatic nitrogens is 1. The van der Waals surface area contributed by atoms with Crippen molar-refractivity contribution in [3.8, 4) is 0 Å². The number of nitro benzene ring substituents is 1. The number of benzene rings is 1. The van der Waals surface area contributed by atoms with Crippen LogP contribution in [0.3, 0.4) is 0 Å².